The minimum absolute atomic E-state index is 0.0194. The molecule has 0 spiro atoms. The van der Waals surface area contributed by atoms with Crippen LogP contribution in [-0.4, -0.2) is 193 Å². The van der Waals surface area contributed by atoms with Crippen LogP contribution in [0.15, 0.2) is 54.6 Å². The molecule has 25 nitrogen and oxygen atoms in total. The number of β-amino-alcohol motifs (C(OH)–C–C–N with tert-alkyl or cyclic N) is 1. The molecule has 3 heterocycles. The molecular weight excluding hydrogens is 1100 g/mol. The van der Waals surface area contributed by atoms with Crippen molar-refractivity contribution in [3.8, 4) is 5.75 Å². The number of carboxylic acids is 1. The number of nitrogens with zero attached hydrogens (tertiary/aromatic N) is 3. The van der Waals surface area contributed by atoms with Crippen LogP contribution >= 0.6 is 25.3 Å². The Bertz CT molecular complexity index is 2600. The number of hydrogen-bond donors (Lipinski definition) is 13. The lowest BCUT2D eigenvalue weighted by molar-refractivity contribution is -0.148. The summed E-state index contributed by atoms with van der Waals surface area (Å²) in [5.41, 5.74) is 12.5. The van der Waals surface area contributed by atoms with Gasteiger partial charge in [-0.05, 0) is 67.7 Å². The molecule has 3 saturated heterocycles. The Hall–Kier alpha value is -6.97. The molecule has 450 valence electrons. The molecule has 0 saturated carbocycles. The highest BCUT2D eigenvalue weighted by Gasteiger charge is 2.47. The highest BCUT2D eigenvalue weighted by atomic mass is 32.1. The Labute approximate surface area is 487 Å². The second-order valence-corrected chi connectivity index (χ2v) is 21.8. The summed E-state index contributed by atoms with van der Waals surface area (Å²) in [4.78, 5) is 155. The van der Waals surface area contributed by atoms with Gasteiger partial charge < -0.3 is 73.4 Å². The minimum Gasteiger partial charge on any atom is -0.508 e. The van der Waals surface area contributed by atoms with Crippen LogP contribution in [-0.2, 0) is 65.6 Å². The van der Waals surface area contributed by atoms with Crippen molar-refractivity contribution in [1.82, 2.24) is 46.6 Å². The molecule has 3 aliphatic heterocycles. The van der Waals surface area contributed by atoms with E-state index < -0.39 is 137 Å². The van der Waals surface area contributed by atoms with Crippen LogP contribution in [0, 0.1) is 5.92 Å². The molecule has 0 aromatic heterocycles. The number of benzene rings is 2. The Morgan fingerprint density at radius 1 is 0.634 bits per heavy atom. The molecule has 27 heteroatoms. The fourth-order valence-electron chi connectivity index (χ4n) is 10.3. The molecule has 2 aromatic carbocycles. The first kappa shape index (κ1) is 65.8. The first-order chi connectivity index (χ1) is 39.0. The van der Waals surface area contributed by atoms with Crippen LogP contribution in [0.1, 0.15) is 96.1 Å². The van der Waals surface area contributed by atoms with E-state index in [0.717, 1.165) is 0 Å². The second-order valence-electron chi connectivity index (χ2n) is 21.1. The van der Waals surface area contributed by atoms with E-state index in [1.165, 1.54) is 39.0 Å². The molecule has 3 aliphatic rings. The van der Waals surface area contributed by atoms with Crippen LogP contribution in [0.3, 0.4) is 0 Å². The highest BCUT2D eigenvalue weighted by molar-refractivity contribution is 7.80. The van der Waals surface area contributed by atoms with Gasteiger partial charge in [-0.1, -0.05) is 76.1 Å². The average molecular weight is 1180 g/mol. The first-order valence-electron chi connectivity index (χ1n) is 27.7. The predicted molar refractivity (Wildman–Crippen MR) is 305 cm³/mol. The summed E-state index contributed by atoms with van der Waals surface area (Å²) in [7, 11) is 0. The molecule has 0 unspecified atom stereocenters. The van der Waals surface area contributed by atoms with E-state index in [-0.39, 0.29) is 88.3 Å². The van der Waals surface area contributed by atoms with Crippen molar-refractivity contribution in [1.29, 1.82) is 0 Å². The van der Waals surface area contributed by atoms with Crippen LogP contribution in [0.25, 0.3) is 0 Å². The van der Waals surface area contributed by atoms with Gasteiger partial charge in [-0.15, -0.1) is 0 Å². The number of amides is 10. The number of aliphatic hydroxyl groups excluding tert-OH is 1. The Morgan fingerprint density at radius 3 is 1.76 bits per heavy atom. The SMILES string of the molecule is CCC[C@H](NC(=O)[C@@H](NC(=O)[C@@H]1C[C@@H](O)CN1C(=O)[C@@H]1CCCN1C(=O)[C@H](Cc1ccccc1)NC(=O)[C@H](Cc1ccc(O)cc1)NC(=O)[C@H](CCC(N)=O)NC(=O)[C@@H]1CCCN1C(=O)[C@@H](N)CS)[C@@H](C)CC)C(=O)N[C@@H](CS)C(=O)O. The zero-order chi connectivity index (χ0) is 60.4. The molecule has 2 aromatic rings. The lowest BCUT2D eigenvalue weighted by atomic mass is 9.97. The Balaban J connectivity index is 1.39. The van der Waals surface area contributed by atoms with Crippen LogP contribution in [0.2, 0.25) is 0 Å². The van der Waals surface area contributed by atoms with E-state index in [1.54, 1.807) is 51.1 Å². The number of thiol groups is 2. The second kappa shape index (κ2) is 31.5. The number of primary amides is 1. The van der Waals surface area contributed by atoms with Gasteiger partial charge in [-0.25, -0.2) is 4.79 Å². The van der Waals surface area contributed by atoms with Gasteiger partial charge in [-0.2, -0.15) is 25.3 Å². The smallest absolute Gasteiger partial charge is 0.327 e. The third kappa shape index (κ3) is 18.0. The number of carboxylic acid groups (broad SMARTS) is 1. The first-order valence-corrected chi connectivity index (χ1v) is 29.0. The van der Waals surface area contributed by atoms with E-state index in [0.29, 0.717) is 36.8 Å². The van der Waals surface area contributed by atoms with Gasteiger partial charge in [0, 0.05) is 56.8 Å². The number of rotatable bonds is 29. The number of likely N-dealkylation sites (tertiary alicyclic amines) is 3. The fourth-order valence-corrected chi connectivity index (χ4v) is 10.7. The highest BCUT2D eigenvalue weighted by Crippen LogP contribution is 2.28. The van der Waals surface area contributed by atoms with Gasteiger partial charge in [0.15, 0.2) is 0 Å². The molecule has 13 N–H and O–H groups in total. The molecule has 82 heavy (non-hydrogen) atoms. The normalized spacial score (nSPS) is 20.6. The maximum Gasteiger partial charge on any atom is 0.327 e. The van der Waals surface area contributed by atoms with Crippen molar-refractivity contribution in [3.05, 3.63) is 65.7 Å². The summed E-state index contributed by atoms with van der Waals surface area (Å²) in [6.45, 7) is 5.23. The summed E-state index contributed by atoms with van der Waals surface area (Å²) in [6.07, 6.45) is -0.217. The summed E-state index contributed by atoms with van der Waals surface area (Å²) in [5.74, 6) is -9.52. The third-order valence-corrected chi connectivity index (χ3v) is 15.8. The molecule has 0 bridgehead atoms. The summed E-state index contributed by atoms with van der Waals surface area (Å²) in [5, 5.41) is 46.4. The Morgan fingerprint density at radius 2 is 1.17 bits per heavy atom. The zero-order valence-electron chi connectivity index (χ0n) is 46.4. The number of nitrogens with one attached hydrogen (secondary N) is 6. The number of aliphatic hydroxyl groups is 1. The van der Waals surface area contributed by atoms with Gasteiger partial charge in [-0.3, -0.25) is 47.9 Å². The summed E-state index contributed by atoms with van der Waals surface area (Å²) < 4.78 is 0. The number of phenolic OH excluding ortho intramolecular Hbond substituents is 1. The van der Waals surface area contributed by atoms with Crippen molar-refractivity contribution in [2.45, 2.75) is 164 Å². The minimum atomic E-state index is -1.48. The summed E-state index contributed by atoms with van der Waals surface area (Å²) >= 11 is 8.11. The quantitative estimate of drug-likeness (QED) is 0.0409. The molecule has 12 atom stereocenters. The predicted octanol–water partition coefficient (Wildman–Crippen LogP) is -1.59. The van der Waals surface area contributed by atoms with Crippen molar-refractivity contribution in [3.63, 3.8) is 0 Å². The van der Waals surface area contributed by atoms with E-state index in [9.17, 15) is 63.3 Å². The van der Waals surface area contributed by atoms with Gasteiger partial charge in [0.25, 0.3) is 0 Å². The van der Waals surface area contributed by atoms with Crippen molar-refractivity contribution in [2.24, 2.45) is 17.4 Å². The van der Waals surface area contributed by atoms with E-state index in [1.807, 2.05) is 0 Å². The number of nitrogens with two attached hydrogens (primary N) is 2. The van der Waals surface area contributed by atoms with Crippen LogP contribution < -0.4 is 43.4 Å². The number of hydrogen-bond acceptors (Lipinski definition) is 16. The van der Waals surface area contributed by atoms with Crippen LogP contribution in [0.5, 0.6) is 5.75 Å². The van der Waals surface area contributed by atoms with Crippen LogP contribution in [0.4, 0.5) is 0 Å². The number of aromatic hydroxyl groups is 1. The lowest BCUT2D eigenvalue weighted by Gasteiger charge is -2.34. The Kier molecular flexibility index (Phi) is 25.3. The zero-order valence-corrected chi connectivity index (χ0v) is 48.2. The molecule has 10 amide bonds. The van der Waals surface area contributed by atoms with Gasteiger partial charge in [0.05, 0.1) is 12.1 Å². The van der Waals surface area contributed by atoms with E-state index >= 15 is 4.79 Å². The van der Waals surface area contributed by atoms with Crippen molar-refractivity contribution < 1.29 is 68.1 Å². The standard InChI is InChI=1S/C55H79N11O14S2/c1-4-11-36(46(70)62-40(29-82)55(79)80)59-51(75)45(30(3)5-2)63-50(74)43-26-34(68)27-66(43)54(78)42-15-10-23-65(42)53(77)39(25-31-12-7-6-8-13-31)61-48(72)38(24-32-16-18-33(67)19-17-32)60-47(71)37(20-21-44(57)69)58-49(73)41-14-9-22-64(41)52(76)35(56)28-81/h6-8,12-13,16-19,30,34-43,45,67-68,81-82H,4-5,9-11,14-15,20-29,56H2,1-3H3,(H2,57,69)(H,58,73)(H,59,75)(H,60,71)(H,61,72)(H,62,70)(H,63,74)(H,79,80)/t30-,34+,35-,36-,37-,38-,39-,40-,41-,42-,43-,45-/m0/s1. The van der Waals surface area contributed by atoms with E-state index in [2.05, 4.69) is 57.2 Å². The van der Waals surface area contributed by atoms with Crippen molar-refractivity contribution in [2.75, 3.05) is 31.1 Å². The molecular formula is C55H79N11O14S2. The molecule has 0 aliphatic carbocycles. The number of phenols is 1. The number of carbonyl (C=O) groups is 11. The third-order valence-electron chi connectivity index (χ3n) is 15.1. The fraction of sp³-hybridized carbons (Fsp3) is 0.582. The number of aliphatic carboxylic acids is 1. The van der Waals surface area contributed by atoms with Gasteiger partial charge in [0.1, 0.15) is 60.1 Å². The lowest BCUT2D eigenvalue weighted by Crippen LogP contribution is -2.61. The van der Waals surface area contributed by atoms with Crippen molar-refractivity contribution >= 4 is 90.3 Å². The van der Waals surface area contributed by atoms with E-state index in [4.69, 9.17) is 11.5 Å². The molecule has 5 rings (SSSR count). The topological polar surface area (TPSA) is 382 Å². The molecule has 3 fully saturated rings. The summed E-state index contributed by atoms with van der Waals surface area (Å²) in [6, 6.07) is 1.91. The average Bonchev–Trinajstić information content (AvgIpc) is 4.35. The maximum absolute atomic E-state index is 15.1. The number of carbonyl (C=O) groups excluding carboxylic acids is 10. The largest absolute Gasteiger partial charge is 0.508 e. The monoisotopic (exact) mass is 1180 g/mol. The van der Waals surface area contributed by atoms with Gasteiger partial charge >= 0.3 is 5.97 Å². The maximum atomic E-state index is 15.1. The van der Waals surface area contributed by atoms with Gasteiger partial charge in [0.2, 0.25) is 59.1 Å². The molecule has 0 radical (unpaired) electrons.